The SMILES string of the molecule is CC(=O)Oc1ccc(NC(=O)c2cc3c(n(Cc4ccc(Cl)cc4)c2=O)CCCCCC3)cc1. The summed E-state index contributed by atoms with van der Waals surface area (Å²) in [5.74, 6) is -0.490. The first-order chi connectivity index (χ1) is 16.4. The van der Waals surface area contributed by atoms with E-state index < -0.39 is 11.9 Å². The zero-order valence-corrected chi connectivity index (χ0v) is 19.9. The fourth-order valence-electron chi connectivity index (χ4n) is 4.31. The van der Waals surface area contributed by atoms with Gasteiger partial charge in [-0.2, -0.15) is 0 Å². The molecule has 0 saturated carbocycles. The zero-order chi connectivity index (χ0) is 24.1. The number of rotatable bonds is 5. The second-order valence-corrected chi connectivity index (χ2v) is 8.97. The summed E-state index contributed by atoms with van der Waals surface area (Å²) in [6, 6.07) is 15.6. The topological polar surface area (TPSA) is 77.4 Å². The number of esters is 1. The van der Waals surface area contributed by atoms with Crippen LogP contribution in [0.5, 0.6) is 5.75 Å². The first-order valence-corrected chi connectivity index (χ1v) is 11.9. The molecule has 1 amide bonds. The quantitative estimate of drug-likeness (QED) is 0.394. The Bertz CT molecular complexity index is 1250. The molecular weight excluding hydrogens is 452 g/mol. The first-order valence-electron chi connectivity index (χ1n) is 11.5. The second-order valence-electron chi connectivity index (χ2n) is 8.53. The molecule has 1 N–H and O–H groups in total. The average molecular weight is 479 g/mol. The lowest BCUT2D eigenvalue weighted by Crippen LogP contribution is -2.33. The van der Waals surface area contributed by atoms with Gasteiger partial charge in [-0.1, -0.05) is 36.6 Å². The number of ether oxygens (including phenoxy) is 1. The summed E-state index contributed by atoms with van der Waals surface area (Å²) in [7, 11) is 0. The van der Waals surface area contributed by atoms with E-state index >= 15 is 0 Å². The Labute approximate surface area is 203 Å². The molecule has 1 heterocycles. The van der Waals surface area contributed by atoms with Crippen LogP contribution in [0.1, 0.15) is 59.8 Å². The van der Waals surface area contributed by atoms with E-state index in [1.807, 2.05) is 24.3 Å². The van der Waals surface area contributed by atoms with Crippen molar-refractivity contribution in [1.29, 1.82) is 0 Å². The van der Waals surface area contributed by atoms with Crippen LogP contribution in [-0.2, 0) is 24.2 Å². The second kappa shape index (κ2) is 10.7. The number of halogens is 1. The highest BCUT2D eigenvalue weighted by Crippen LogP contribution is 2.22. The minimum Gasteiger partial charge on any atom is -0.427 e. The van der Waals surface area contributed by atoms with Gasteiger partial charge in [-0.15, -0.1) is 0 Å². The lowest BCUT2D eigenvalue weighted by Gasteiger charge is -2.21. The first kappa shape index (κ1) is 23.8. The lowest BCUT2D eigenvalue weighted by molar-refractivity contribution is -0.131. The summed E-state index contributed by atoms with van der Waals surface area (Å²) >= 11 is 6.03. The number of nitrogens with one attached hydrogen (secondary N) is 1. The van der Waals surface area contributed by atoms with Crippen molar-refractivity contribution < 1.29 is 14.3 Å². The van der Waals surface area contributed by atoms with Gasteiger partial charge in [-0.3, -0.25) is 14.4 Å². The molecule has 3 aromatic rings. The van der Waals surface area contributed by atoms with Crippen LogP contribution in [0.15, 0.2) is 59.4 Å². The van der Waals surface area contributed by atoms with E-state index in [4.69, 9.17) is 16.3 Å². The number of carbonyl (C=O) groups is 2. The molecule has 0 atom stereocenters. The monoisotopic (exact) mass is 478 g/mol. The molecule has 1 aromatic heterocycles. The number of aromatic nitrogens is 1. The van der Waals surface area contributed by atoms with Gasteiger partial charge in [-0.25, -0.2) is 0 Å². The summed E-state index contributed by atoms with van der Waals surface area (Å²) in [5.41, 5.74) is 3.36. The highest BCUT2D eigenvalue weighted by molar-refractivity contribution is 6.30. The van der Waals surface area contributed by atoms with Crippen LogP contribution in [0.2, 0.25) is 5.02 Å². The third-order valence-corrected chi connectivity index (χ3v) is 6.22. The summed E-state index contributed by atoms with van der Waals surface area (Å²) in [6.45, 7) is 1.71. The lowest BCUT2D eigenvalue weighted by atomic mass is 9.95. The number of carbonyl (C=O) groups excluding carboxylic acids is 2. The van der Waals surface area contributed by atoms with Gasteiger partial charge in [0.2, 0.25) is 0 Å². The molecule has 0 aliphatic heterocycles. The van der Waals surface area contributed by atoms with Gasteiger partial charge in [-0.05, 0) is 79.3 Å². The van der Waals surface area contributed by atoms with Crippen molar-refractivity contribution >= 4 is 29.2 Å². The van der Waals surface area contributed by atoms with Crippen LogP contribution in [-0.4, -0.2) is 16.4 Å². The van der Waals surface area contributed by atoms with Crippen LogP contribution >= 0.6 is 11.6 Å². The number of fused-ring (bicyclic) bond motifs is 1. The number of benzene rings is 2. The predicted molar refractivity (Wildman–Crippen MR) is 133 cm³/mol. The Morgan fingerprint density at radius 1 is 0.971 bits per heavy atom. The van der Waals surface area contributed by atoms with Crippen LogP contribution in [0.3, 0.4) is 0 Å². The Balaban J connectivity index is 1.68. The Morgan fingerprint density at radius 3 is 2.32 bits per heavy atom. The number of pyridine rings is 1. The minimum absolute atomic E-state index is 0.123. The third-order valence-electron chi connectivity index (χ3n) is 5.97. The highest BCUT2D eigenvalue weighted by Gasteiger charge is 2.20. The Hall–Kier alpha value is -3.38. The van der Waals surface area contributed by atoms with Crippen LogP contribution in [0, 0.1) is 0 Å². The van der Waals surface area contributed by atoms with E-state index in [0.717, 1.165) is 55.3 Å². The van der Waals surface area contributed by atoms with E-state index in [2.05, 4.69) is 5.32 Å². The molecule has 0 unspecified atom stereocenters. The smallest absolute Gasteiger partial charge is 0.308 e. The van der Waals surface area contributed by atoms with Crippen molar-refractivity contribution in [3.63, 3.8) is 0 Å². The van der Waals surface area contributed by atoms with Gasteiger partial charge < -0.3 is 14.6 Å². The van der Waals surface area contributed by atoms with Crippen LogP contribution < -0.4 is 15.6 Å². The maximum atomic E-state index is 13.5. The van der Waals surface area contributed by atoms with Crippen molar-refractivity contribution in [1.82, 2.24) is 4.57 Å². The summed E-state index contributed by atoms with van der Waals surface area (Å²) in [5, 5.41) is 3.44. The molecule has 1 aliphatic rings. The molecule has 4 rings (SSSR count). The molecule has 0 radical (unpaired) electrons. The van der Waals surface area contributed by atoms with Crippen molar-refractivity contribution in [3.05, 3.63) is 92.4 Å². The predicted octanol–water partition coefficient (Wildman–Crippen LogP) is 5.39. The van der Waals surface area contributed by atoms with Gasteiger partial charge in [0.15, 0.2) is 0 Å². The van der Waals surface area contributed by atoms with E-state index in [9.17, 15) is 14.4 Å². The molecule has 1 aliphatic carbocycles. The third kappa shape index (κ3) is 5.75. The molecule has 6 nitrogen and oxygen atoms in total. The van der Waals surface area contributed by atoms with E-state index in [1.54, 1.807) is 34.9 Å². The van der Waals surface area contributed by atoms with E-state index in [1.165, 1.54) is 6.92 Å². The van der Waals surface area contributed by atoms with Gasteiger partial charge in [0.25, 0.3) is 11.5 Å². The number of nitrogens with zero attached hydrogens (tertiary/aromatic N) is 1. The minimum atomic E-state index is -0.458. The molecule has 0 saturated heterocycles. The number of aryl methyl sites for hydroxylation is 1. The fourth-order valence-corrected chi connectivity index (χ4v) is 4.43. The summed E-state index contributed by atoms with van der Waals surface area (Å²) in [6.07, 6.45) is 6.00. The number of hydrogen-bond donors (Lipinski definition) is 1. The number of amides is 1. The molecular formula is C27H27ClN2O4. The summed E-state index contributed by atoms with van der Waals surface area (Å²) in [4.78, 5) is 37.8. The van der Waals surface area contributed by atoms with Crippen molar-refractivity contribution in [2.75, 3.05) is 5.32 Å². The standard InChI is InChI=1S/C27H27ClN2O4/c1-18(31)34-23-14-12-22(13-15-23)29-26(32)24-16-20-6-4-2-3-5-7-25(20)30(27(24)33)17-19-8-10-21(28)11-9-19/h8-16H,2-7,17H2,1H3,(H,29,32). The molecule has 176 valence electrons. The molecule has 0 spiro atoms. The summed E-state index contributed by atoms with van der Waals surface area (Å²) < 4.78 is 6.78. The van der Waals surface area contributed by atoms with E-state index in [-0.39, 0.29) is 11.1 Å². The van der Waals surface area contributed by atoms with Gasteiger partial charge in [0, 0.05) is 23.3 Å². The Kier molecular flexibility index (Phi) is 7.48. The largest absolute Gasteiger partial charge is 0.427 e. The van der Waals surface area contributed by atoms with Crippen LogP contribution in [0.4, 0.5) is 5.69 Å². The van der Waals surface area contributed by atoms with Crippen molar-refractivity contribution in [2.24, 2.45) is 0 Å². The van der Waals surface area contributed by atoms with Crippen molar-refractivity contribution in [3.8, 4) is 5.75 Å². The van der Waals surface area contributed by atoms with Gasteiger partial charge in [0.05, 0.1) is 6.54 Å². The van der Waals surface area contributed by atoms with E-state index in [0.29, 0.717) is 23.0 Å². The number of anilines is 1. The highest BCUT2D eigenvalue weighted by atomic mass is 35.5. The molecule has 34 heavy (non-hydrogen) atoms. The molecule has 2 aromatic carbocycles. The van der Waals surface area contributed by atoms with Gasteiger partial charge in [0.1, 0.15) is 11.3 Å². The van der Waals surface area contributed by atoms with Crippen molar-refractivity contribution in [2.45, 2.75) is 52.0 Å². The molecule has 7 heteroatoms. The zero-order valence-electron chi connectivity index (χ0n) is 19.1. The maximum absolute atomic E-state index is 13.5. The van der Waals surface area contributed by atoms with Gasteiger partial charge >= 0.3 is 5.97 Å². The molecule has 0 fully saturated rings. The number of hydrogen-bond acceptors (Lipinski definition) is 4. The van der Waals surface area contributed by atoms with Crippen LogP contribution in [0.25, 0.3) is 0 Å². The Morgan fingerprint density at radius 2 is 1.65 bits per heavy atom. The maximum Gasteiger partial charge on any atom is 0.308 e. The fraction of sp³-hybridized carbons (Fsp3) is 0.296. The average Bonchev–Trinajstić information content (AvgIpc) is 2.79. The normalized spacial score (nSPS) is 13.4. The molecule has 0 bridgehead atoms.